The highest BCUT2D eigenvalue weighted by atomic mass is 32.2. The van der Waals surface area contributed by atoms with Crippen LogP contribution in [0.1, 0.15) is 15.9 Å². The average Bonchev–Trinajstić information content (AvgIpc) is 3.00. The van der Waals surface area contributed by atoms with Gasteiger partial charge in [0.25, 0.3) is 5.91 Å². The molecular weight excluding hydrogens is 398 g/mol. The van der Waals surface area contributed by atoms with E-state index in [1.54, 1.807) is 56.7 Å². The molecule has 1 aliphatic heterocycles. The van der Waals surface area contributed by atoms with Crippen LogP contribution in [0.15, 0.2) is 47.4 Å². The highest BCUT2D eigenvalue weighted by Gasteiger charge is 2.33. The van der Waals surface area contributed by atoms with Crippen molar-refractivity contribution in [1.29, 1.82) is 0 Å². The van der Waals surface area contributed by atoms with Crippen LogP contribution in [0.25, 0.3) is 6.08 Å². The normalized spacial score (nSPS) is 15.1. The first-order valence-electron chi connectivity index (χ1n) is 8.17. The zero-order chi connectivity index (χ0) is 20.3. The Bertz CT molecular complexity index is 969. The molecule has 0 unspecified atom stereocenters. The third kappa shape index (κ3) is 3.88. The molecule has 2 aromatic carbocycles. The summed E-state index contributed by atoms with van der Waals surface area (Å²) >= 11 is 6.59. The van der Waals surface area contributed by atoms with E-state index in [1.807, 2.05) is 6.07 Å². The third-order valence-electron chi connectivity index (χ3n) is 4.07. The van der Waals surface area contributed by atoms with Crippen LogP contribution in [0, 0.1) is 0 Å². The molecule has 0 aliphatic carbocycles. The van der Waals surface area contributed by atoms with Crippen molar-refractivity contribution in [1.82, 2.24) is 0 Å². The van der Waals surface area contributed by atoms with Gasteiger partial charge in [-0.1, -0.05) is 24.0 Å². The van der Waals surface area contributed by atoms with Gasteiger partial charge in [0.05, 0.1) is 37.5 Å². The van der Waals surface area contributed by atoms with E-state index in [1.165, 1.54) is 23.8 Å². The molecule has 8 heteroatoms. The maximum atomic E-state index is 12.9. The first kappa shape index (κ1) is 19.9. The molecule has 1 amide bonds. The maximum absolute atomic E-state index is 12.9. The summed E-state index contributed by atoms with van der Waals surface area (Å²) in [7, 11) is 4.45. The summed E-state index contributed by atoms with van der Waals surface area (Å²) in [5, 5.41) is 0. The van der Waals surface area contributed by atoms with Gasteiger partial charge in [0, 0.05) is 11.6 Å². The maximum Gasteiger partial charge on any atom is 0.337 e. The molecule has 0 saturated carbocycles. The number of methoxy groups -OCH3 is 3. The first-order chi connectivity index (χ1) is 13.5. The summed E-state index contributed by atoms with van der Waals surface area (Å²) in [6.07, 6.45) is 1.74. The number of amides is 1. The van der Waals surface area contributed by atoms with Gasteiger partial charge in [-0.15, -0.1) is 0 Å². The molecule has 0 atom stereocenters. The number of benzene rings is 2. The van der Waals surface area contributed by atoms with Crippen molar-refractivity contribution < 1.29 is 23.8 Å². The molecule has 1 heterocycles. The van der Waals surface area contributed by atoms with E-state index in [0.717, 1.165) is 5.56 Å². The average molecular weight is 415 g/mol. The van der Waals surface area contributed by atoms with Crippen LogP contribution in [-0.4, -0.2) is 37.5 Å². The monoisotopic (exact) mass is 415 g/mol. The highest BCUT2D eigenvalue weighted by molar-refractivity contribution is 8.27. The Morgan fingerprint density at radius 1 is 1.07 bits per heavy atom. The molecule has 0 bridgehead atoms. The lowest BCUT2D eigenvalue weighted by atomic mass is 10.1. The fraction of sp³-hybridized carbons (Fsp3) is 0.150. The molecule has 144 valence electrons. The Morgan fingerprint density at radius 3 is 2.39 bits per heavy atom. The molecule has 0 spiro atoms. The Kier molecular flexibility index (Phi) is 6.01. The SMILES string of the molecule is COC(=O)c1ccc(N2C(=O)/C(=C/c3ccc(OC)cc3OC)SC2=S)cc1. The van der Waals surface area contributed by atoms with Crippen molar-refractivity contribution in [2.24, 2.45) is 0 Å². The molecule has 3 rings (SSSR count). The number of esters is 1. The Labute approximate surface area is 172 Å². The van der Waals surface area contributed by atoms with E-state index in [2.05, 4.69) is 4.74 Å². The van der Waals surface area contributed by atoms with Crippen LogP contribution in [0.2, 0.25) is 0 Å². The van der Waals surface area contributed by atoms with Gasteiger partial charge in [-0.25, -0.2) is 4.79 Å². The molecule has 2 aromatic rings. The van der Waals surface area contributed by atoms with Crippen LogP contribution in [0.4, 0.5) is 5.69 Å². The molecule has 28 heavy (non-hydrogen) atoms. The molecule has 0 N–H and O–H groups in total. The summed E-state index contributed by atoms with van der Waals surface area (Å²) in [4.78, 5) is 26.4. The number of thiocarbonyl (C=S) groups is 1. The Balaban J connectivity index is 1.89. The minimum Gasteiger partial charge on any atom is -0.497 e. The second-order valence-corrected chi connectivity index (χ2v) is 7.34. The van der Waals surface area contributed by atoms with Crippen molar-refractivity contribution in [3.63, 3.8) is 0 Å². The molecule has 1 saturated heterocycles. The lowest BCUT2D eigenvalue weighted by Gasteiger charge is -2.14. The largest absolute Gasteiger partial charge is 0.497 e. The van der Waals surface area contributed by atoms with E-state index in [-0.39, 0.29) is 5.91 Å². The van der Waals surface area contributed by atoms with E-state index in [9.17, 15) is 9.59 Å². The zero-order valence-electron chi connectivity index (χ0n) is 15.4. The molecule has 1 aliphatic rings. The fourth-order valence-corrected chi connectivity index (χ4v) is 3.92. The van der Waals surface area contributed by atoms with Gasteiger partial charge >= 0.3 is 5.97 Å². The molecule has 6 nitrogen and oxygen atoms in total. The highest BCUT2D eigenvalue weighted by Crippen LogP contribution is 2.37. The summed E-state index contributed by atoms with van der Waals surface area (Å²) in [5.74, 6) is 0.571. The minimum atomic E-state index is -0.441. The number of rotatable bonds is 5. The summed E-state index contributed by atoms with van der Waals surface area (Å²) in [6.45, 7) is 0. The lowest BCUT2D eigenvalue weighted by molar-refractivity contribution is -0.113. The number of carbonyl (C=O) groups is 2. The van der Waals surface area contributed by atoms with E-state index < -0.39 is 5.97 Å². The summed E-state index contributed by atoms with van der Waals surface area (Å²) < 4.78 is 15.7. The number of nitrogens with zero attached hydrogens (tertiary/aromatic N) is 1. The van der Waals surface area contributed by atoms with Crippen LogP contribution in [0.5, 0.6) is 11.5 Å². The van der Waals surface area contributed by atoms with Gasteiger partial charge in [0.1, 0.15) is 11.5 Å². The van der Waals surface area contributed by atoms with Gasteiger partial charge in [0.2, 0.25) is 0 Å². The second-order valence-electron chi connectivity index (χ2n) is 5.66. The number of carbonyl (C=O) groups excluding carboxylic acids is 2. The lowest BCUT2D eigenvalue weighted by Crippen LogP contribution is -2.27. The second kappa shape index (κ2) is 8.45. The number of thioether (sulfide) groups is 1. The van der Waals surface area contributed by atoms with Gasteiger partial charge in [-0.3, -0.25) is 9.69 Å². The topological polar surface area (TPSA) is 65.1 Å². The standard InChI is InChI=1S/C20H17NO5S2/c1-24-15-9-6-13(16(11-15)25-2)10-17-18(22)21(20(27)28-17)14-7-4-12(5-8-14)19(23)26-3/h4-11H,1-3H3/b17-10-. The number of hydrogen-bond acceptors (Lipinski definition) is 7. The molecule has 1 fully saturated rings. The number of ether oxygens (including phenoxy) is 3. The van der Waals surface area contributed by atoms with Crippen molar-refractivity contribution in [3.05, 3.63) is 58.5 Å². The summed E-state index contributed by atoms with van der Waals surface area (Å²) in [6, 6.07) is 11.9. The van der Waals surface area contributed by atoms with Gasteiger partial charge in [-0.05, 0) is 42.5 Å². The number of hydrogen-bond donors (Lipinski definition) is 0. The van der Waals surface area contributed by atoms with Crippen molar-refractivity contribution in [2.45, 2.75) is 0 Å². The van der Waals surface area contributed by atoms with Gasteiger partial charge < -0.3 is 14.2 Å². The summed E-state index contributed by atoms with van der Waals surface area (Å²) in [5.41, 5.74) is 1.72. The Morgan fingerprint density at radius 2 is 1.79 bits per heavy atom. The smallest absolute Gasteiger partial charge is 0.337 e. The third-order valence-corrected chi connectivity index (χ3v) is 5.37. The minimum absolute atomic E-state index is 0.237. The van der Waals surface area contributed by atoms with Gasteiger partial charge in [0.15, 0.2) is 4.32 Å². The van der Waals surface area contributed by atoms with Crippen LogP contribution in [0.3, 0.4) is 0 Å². The van der Waals surface area contributed by atoms with E-state index in [0.29, 0.717) is 32.0 Å². The molecular formula is C20H17NO5S2. The molecule has 0 aromatic heterocycles. The zero-order valence-corrected chi connectivity index (χ0v) is 17.1. The van der Waals surface area contributed by atoms with Crippen molar-refractivity contribution in [3.8, 4) is 11.5 Å². The number of anilines is 1. The van der Waals surface area contributed by atoms with E-state index in [4.69, 9.17) is 21.7 Å². The fourth-order valence-electron chi connectivity index (χ4n) is 2.63. The van der Waals surface area contributed by atoms with Crippen molar-refractivity contribution >= 4 is 51.9 Å². The first-order valence-corrected chi connectivity index (χ1v) is 9.39. The Hall–Kier alpha value is -2.84. The van der Waals surface area contributed by atoms with Crippen LogP contribution < -0.4 is 14.4 Å². The predicted octanol–water partition coefficient (Wildman–Crippen LogP) is 3.90. The van der Waals surface area contributed by atoms with E-state index >= 15 is 0 Å². The van der Waals surface area contributed by atoms with Crippen molar-refractivity contribution in [2.75, 3.05) is 26.2 Å². The quantitative estimate of drug-likeness (QED) is 0.417. The van der Waals surface area contributed by atoms with Crippen LogP contribution in [-0.2, 0) is 9.53 Å². The van der Waals surface area contributed by atoms with Crippen LogP contribution >= 0.6 is 24.0 Å². The van der Waals surface area contributed by atoms with Gasteiger partial charge in [-0.2, -0.15) is 0 Å². The molecule has 0 radical (unpaired) electrons. The predicted molar refractivity (Wildman–Crippen MR) is 113 cm³/mol.